The molecule has 0 aliphatic carbocycles. The van der Waals surface area contributed by atoms with Crippen LogP contribution in [0.2, 0.25) is 0 Å². The van der Waals surface area contributed by atoms with Crippen molar-refractivity contribution in [2.24, 2.45) is 0 Å². The molecule has 1 aromatic rings. The Labute approximate surface area is 108 Å². The van der Waals surface area contributed by atoms with Crippen molar-refractivity contribution in [3.8, 4) is 5.75 Å². The number of likely N-dealkylation sites (N-methyl/N-ethyl adjacent to an activating group) is 1. The highest BCUT2D eigenvalue weighted by Crippen LogP contribution is 2.26. The fraction of sp³-hybridized carbons (Fsp3) is 0.500. The summed E-state index contributed by atoms with van der Waals surface area (Å²) in [5.74, 6) is 1.08. The van der Waals surface area contributed by atoms with Gasteiger partial charge in [0.15, 0.2) is 0 Å². The molecule has 98 valence electrons. The van der Waals surface area contributed by atoms with Crippen molar-refractivity contribution >= 4 is 5.91 Å². The number of aryl methyl sites for hydroxylation is 1. The number of benzene rings is 1. The molecule has 2 rings (SSSR count). The lowest BCUT2D eigenvalue weighted by atomic mass is 10.0. The van der Waals surface area contributed by atoms with Crippen LogP contribution >= 0.6 is 0 Å². The van der Waals surface area contributed by atoms with Gasteiger partial charge in [0.05, 0.1) is 13.2 Å². The summed E-state index contributed by atoms with van der Waals surface area (Å²) in [4.78, 5) is 11.2. The Balaban J connectivity index is 1.72. The SMILES string of the molecule is CNCC(=O)NCCCc1ccc2c(c1)CCO2. The van der Waals surface area contributed by atoms with Gasteiger partial charge in [0.1, 0.15) is 5.75 Å². The third-order valence-electron chi connectivity index (χ3n) is 3.06. The van der Waals surface area contributed by atoms with Crippen LogP contribution in [-0.2, 0) is 17.6 Å². The largest absolute Gasteiger partial charge is 0.493 e. The maximum Gasteiger partial charge on any atom is 0.233 e. The third-order valence-corrected chi connectivity index (χ3v) is 3.06. The van der Waals surface area contributed by atoms with Crippen LogP contribution in [0.15, 0.2) is 18.2 Å². The van der Waals surface area contributed by atoms with Crippen molar-refractivity contribution < 1.29 is 9.53 Å². The minimum absolute atomic E-state index is 0.0554. The van der Waals surface area contributed by atoms with Crippen molar-refractivity contribution in [2.45, 2.75) is 19.3 Å². The number of ether oxygens (including phenoxy) is 1. The highest BCUT2D eigenvalue weighted by atomic mass is 16.5. The van der Waals surface area contributed by atoms with E-state index in [1.54, 1.807) is 7.05 Å². The van der Waals surface area contributed by atoms with E-state index < -0.39 is 0 Å². The van der Waals surface area contributed by atoms with Gasteiger partial charge in [0.2, 0.25) is 5.91 Å². The molecule has 0 radical (unpaired) electrons. The summed E-state index contributed by atoms with van der Waals surface area (Å²) in [6.45, 7) is 1.92. The molecular formula is C14H20N2O2. The first-order valence-corrected chi connectivity index (χ1v) is 6.45. The van der Waals surface area contributed by atoms with E-state index in [9.17, 15) is 4.79 Å². The van der Waals surface area contributed by atoms with Crippen molar-refractivity contribution in [1.82, 2.24) is 10.6 Å². The zero-order valence-corrected chi connectivity index (χ0v) is 10.8. The Hall–Kier alpha value is -1.55. The monoisotopic (exact) mass is 248 g/mol. The van der Waals surface area contributed by atoms with Gasteiger partial charge >= 0.3 is 0 Å². The highest BCUT2D eigenvalue weighted by Gasteiger charge is 2.11. The molecule has 0 spiro atoms. The summed E-state index contributed by atoms with van der Waals surface area (Å²) < 4.78 is 5.47. The fourth-order valence-electron chi connectivity index (χ4n) is 2.14. The summed E-state index contributed by atoms with van der Waals surface area (Å²) in [6, 6.07) is 6.38. The predicted molar refractivity (Wildman–Crippen MR) is 70.9 cm³/mol. The van der Waals surface area contributed by atoms with Gasteiger partial charge < -0.3 is 15.4 Å². The maximum absolute atomic E-state index is 11.2. The molecular weight excluding hydrogens is 228 g/mol. The summed E-state index contributed by atoms with van der Waals surface area (Å²) >= 11 is 0. The normalized spacial score (nSPS) is 12.9. The van der Waals surface area contributed by atoms with E-state index in [1.165, 1.54) is 11.1 Å². The zero-order valence-electron chi connectivity index (χ0n) is 10.8. The van der Waals surface area contributed by atoms with Crippen LogP contribution in [0.4, 0.5) is 0 Å². The van der Waals surface area contributed by atoms with Gasteiger partial charge in [0, 0.05) is 13.0 Å². The summed E-state index contributed by atoms with van der Waals surface area (Å²) in [5.41, 5.74) is 2.63. The molecule has 1 aromatic carbocycles. The second-order valence-electron chi connectivity index (χ2n) is 4.52. The molecule has 0 fully saturated rings. The minimum Gasteiger partial charge on any atom is -0.493 e. The van der Waals surface area contributed by atoms with Crippen molar-refractivity contribution in [3.63, 3.8) is 0 Å². The van der Waals surface area contributed by atoms with E-state index >= 15 is 0 Å². The second-order valence-corrected chi connectivity index (χ2v) is 4.52. The Morgan fingerprint density at radius 3 is 3.17 bits per heavy atom. The molecule has 0 bridgehead atoms. The lowest BCUT2D eigenvalue weighted by Gasteiger charge is -2.06. The lowest BCUT2D eigenvalue weighted by molar-refractivity contribution is -0.120. The molecule has 4 nitrogen and oxygen atoms in total. The van der Waals surface area contributed by atoms with E-state index in [1.807, 2.05) is 0 Å². The molecule has 18 heavy (non-hydrogen) atoms. The zero-order chi connectivity index (χ0) is 12.8. The van der Waals surface area contributed by atoms with Crippen molar-refractivity contribution in [1.29, 1.82) is 0 Å². The molecule has 0 unspecified atom stereocenters. The van der Waals surface area contributed by atoms with Gasteiger partial charge in [-0.3, -0.25) is 4.79 Å². The lowest BCUT2D eigenvalue weighted by Crippen LogP contribution is -2.32. The minimum atomic E-state index is 0.0554. The molecule has 4 heteroatoms. The van der Waals surface area contributed by atoms with Gasteiger partial charge in [-0.15, -0.1) is 0 Å². The average Bonchev–Trinajstić information content (AvgIpc) is 2.82. The maximum atomic E-state index is 11.2. The van der Waals surface area contributed by atoms with E-state index in [-0.39, 0.29) is 5.91 Å². The fourth-order valence-corrected chi connectivity index (χ4v) is 2.14. The first kappa shape index (κ1) is 12.9. The van der Waals surface area contributed by atoms with Crippen LogP contribution in [0.3, 0.4) is 0 Å². The van der Waals surface area contributed by atoms with Crippen LogP contribution in [0.25, 0.3) is 0 Å². The Morgan fingerprint density at radius 1 is 1.44 bits per heavy atom. The summed E-state index contributed by atoms with van der Waals surface area (Å²) in [6.07, 6.45) is 2.98. The summed E-state index contributed by atoms with van der Waals surface area (Å²) in [7, 11) is 1.77. The number of hydrogen-bond donors (Lipinski definition) is 2. The number of nitrogens with one attached hydrogen (secondary N) is 2. The van der Waals surface area contributed by atoms with E-state index in [4.69, 9.17) is 4.74 Å². The van der Waals surface area contributed by atoms with E-state index in [2.05, 4.69) is 28.8 Å². The number of rotatable bonds is 6. The van der Waals surface area contributed by atoms with Gasteiger partial charge in [0.25, 0.3) is 0 Å². The predicted octanol–water partition coefficient (Wildman–Crippen LogP) is 0.890. The molecule has 1 aliphatic rings. The first-order valence-electron chi connectivity index (χ1n) is 6.45. The van der Waals surface area contributed by atoms with Crippen molar-refractivity contribution in [3.05, 3.63) is 29.3 Å². The number of amides is 1. The molecule has 1 amide bonds. The number of hydrogen-bond acceptors (Lipinski definition) is 3. The summed E-state index contributed by atoms with van der Waals surface area (Å²) in [5, 5.41) is 5.71. The smallest absolute Gasteiger partial charge is 0.233 e. The Bertz CT molecular complexity index is 418. The first-order chi connectivity index (χ1) is 8.79. The topological polar surface area (TPSA) is 50.4 Å². The number of carbonyl (C=O) groups is 1. The molecule has 0 aromatic heterocycles. The van der Waals surface area contributed by atoms with E-state index in [0.29, 0.717) is 6.54 Å². The Morgan fingerprint density at radius 2 is 2.33 bits per heavy atom. The molecule has 0 saturated carbocycles. The molecule has 2 N–H and O–H groups in total. The van der Waals surface area contributed by atoms with Gasteiger partial charge in [-0.25, -0.2) is 0 Å². The van der Waals surface area contributed by atoms with Crippen LogP contribution in [-0.4, -0.2) is 32.7 Å². The van der Waals surface area contributed by atoms with Crippen LogP contribution in [0, 0.1) is 0 Å². The number of fused-ring (bicyclic) bond motifs is 1. The quantitative estimate of drug-likeness (QED) is 0.735. The molecule has 0 saturated heterocycles. The number of carbonyl (C=O) groups excluding carboxylic acids is 1. The molecule has 1 aliphatic heterocycles. The third kappa shape index (κ3) is 3.47. The average molecular weight is 248 g/mol. The van der Waals surface area contributed by atoms with Gasteiger partial charge in [-0.1, -0.05) is 12.1 Å². The van der Waals surface area contributed by atoms with Crippen molar-refractivity contribution in [2.75, 3.05) is 26.7 Å². The van der Waals surface area contributed by atoms with Crippen LogP contribution < -0.4 is 15.4 Å². The Kier molecular flexibility index (Phi) is 4.59. The molecule has 1 heterocycles. The second kappa shape index (κ2) is 6.40. The van der Waals surface area contributed by atoms with Crippen LogP contribution in [0.1, 0.15) is 17.5 Å². The standard InChI is InChI=1S/C14H20N2O2/c1-15-10-14(17)16-7-2-3-11-4-5-13-12(9-11)6-8-18-13/h4-5,9,15H,2-3,6-8,10H2,1H3,(H,16,17). The highest BCUT2D eigenvalue weighted by molar-refractivity contribution is 5.77. The molecule has 0 atom stereocenters. The van der Waals surface area contributed by atoms with E-state index in [0.717, 1.165) is 38.2 Å². The van der Waals surface area contributed by atoms with Crippen LogP contribution in [0.5, 0.6) is 5.75 Å². The van der Waals surface area contributed by atoms with Gasteiger partial charge in [-0.2, -0.15) is 0 Å². The van der Waals surface area contributed by atoms with Gasteiger partial charge in [-0.05, 0) is 37.1 Å².